The number of carbonyl (C=O) groups excluding carboxylic acids is 2. The summed E-state index contributed by atoms with van der Waals surface area (Å²) in [5.41, 5.74) is 2.64. The zero-order valence-electron chi connectivity index (χ0n) is 17.9. The molecule has 0 spiro atoms. The second kappa shape index (κ2) is 10.2. The van der Waals surface area contributed by atoms with Crippen molar-refractivity contribution in [1.82, 2.24) is 14.7 Å². The molecule has 8 nitrogen and oxygen atoms in total. The summed E-state index contributed by atoms with van der Waals surface area (Å²) in [4.78, 5) is 26.7. The topological polar surface area (TPSA) is 88.5 Å². The summed E-state index contributed by atoms with van der Waals surface area (Å²) in [5.74, 6) is -0.733. The van der Waals surface area contributed by atoms with Crippen LogP contribution in [-0.4, -0.2) is 52.9 Å². The summed E-state index contributed by atoms with van der Waals surface area (Å²) in [6.07, 6.45) is 3.49. The van der Waals surface area contributed by atoms with E-state index < -0.39 is 5.97 Å². The third kappa shape index (κ3) is 5.53. The van der Waals surface area contributed by atoms with Crippen LogP contribution in [0.1, 0.15) is 31.2 Å². The van der Waals surface area contributed by atoms with E-state index in [4.69, 9.17) is 17.0 Å². The lowest BCUT2D eigenvalue weighted by Gasteiger charge is -2.09. The van der Waals surface area contributed by atoms with Crippen LogP contribution in [0.25, 0.3) is 0 Å². The van der Waals surface area contributed by atoms with E-state index in [0.29, 0.717) is 27.7 Å². The van der Waals surface area contributed by atoms with Gasteiger partial charge in [-0.25, -0.2) is 4.79 Å². The average Bonchev–Trinajstić information content (AvgIpc) is 3.32. The fraction of sp³-hybridized carbons (Fsp3) is 0.238. The predicted molar refractivity (Wildman–Crippen MR) is 134 cm³/mol. The van der Waals surface area contributed by atoms with E-state index in [2.05, 4.69) is 31.7 Å². The minimum atomic E-state index is -0.538. The Balaban J connectivity index is 1.74. The number of amides is 1. The van der Waals surface area contributed by atoms with Crippen LogP contribution in [-0.2, 0) is 11.3 Å². The summed E-state index contributed by atoms with van der Waals surface area (Å²) in [6, 6.07) is 8.00. The predicted octanol–water partition coefficient (Wildman–Crippen LogP) is 4.36. The lowest BCUT2D eigenvalue weighted by atomic mass is 10.1. The highest BCUT2D eigenvalue weighted by molar-refractivity contribution is 9.10. The zero-order valence-corrected chi connectivity index (χ0v) is 21.2. The first-order valence-electron chi connectivity index (χ1n) is 9.47. The van der Waals surface area contributed by atoms with Gasteiger partial charge in [-0.3, -0.25) is 9.48 Å². The van der Waals surface area contributed by atoms with Crippen molar-refractivity contribution in [3.63, 3.8) is 0 Å². The molecule has 0 saturated heterocycles. The van der Waals surface area contributed by atoms with Crippen molar-refractivity contribution in [3.8, 4) is 0 Å². The fourth-order valence-corrected chi connectivity index (χ4v) is 4.68. The van der Waals surface area contributed by atoms with Gasteiger partial charge < -0.3 is 20.3 Å². The van der Waals surface area contributed by atoms with Gasteiger partial charge in [0, 0.05) is 24.8 Å². The first-order chi connectivity index (χ1) is 15.2. The van der Waals surface area contributed by atoms with Crippen LogP contribution < -0.4 is 10.6 Å². The monoisotopic (exact) mass is 535 g/mol. The van der Waals surface area contributed by atoms with Gasteiger partial charge in [-0.1, -0.05) is 28.1 Å². The van der Waals surface area contributed by atoms with Crippen LogP contribution in [0.4, 0.5) is 10.7 Å². The Morgan fingerprint density at radius 2 is 1.94 bits per heavy atom. The van der Waals surface area contributed by atoms with Crippen molar-refractivity contribution in [3.05, 3.63) is 62.7 Å². The number of carbonyl (C=O) groups is 2. The van der Waals surface area contributed by atoms with Gasteiger partial charge in [0.25, 0.3) is 5.91 Å². The number of halogens is 1. The van der Waals surface area contributed by atoms with Crippen molar-refractivity contribution in [2.45, 2.75) is 13.5 Å². The van der Waals surface area contributed by atoms with Crippen molar-refractivity contribution >= 4 is 67.2 Å². The number of thiophene rings is 1. The average molecular weight is 536 g/mol. The summed E-state index contributed by atoms with van der Waals surface area (Å²) in [7, 11) is 4.61. The quantitative estimate of drug-likeness (QED) is 0.358. The molecule has 0 aliphatic rings. The molecule has 0 bridgehead atoms. The standard InChI is InChI=1S/C21H22BrN5O3S2/c1-12-16(20(29)30-4)18(32-17(12)19(28)26(2)3)25-21(31)24-15-9-23-27(11-15)10-13-5-7-14(22)8-6-13/h5-9,11H,10H2,1-4H3,(H2,24,25,31). The third-order valence-corrected chi connectivity index (χ3v) is 6.44. The highest BCUT2D eigenvalue weighted by atomic mass is 79.9. The van der Waals surface area contributed by atoms with Gasteiger partial charge >= 0.3 is 5.97 Å². The molecule has 3 rings (SSSR count). The fourth-order valence-electron chi connectivity index (χ4n) is 2.91. The molecule has 0 saturated carbocycles. The molecule has 2 aromatic heterocycles. The SMILES string of the molecule is COC(=O)c1c(NC(=S)Nc2cnn(Cc3ccc(Br)cc3)c2)sc(C(=O)N(C)C)c1C. The minimum Gasteiger partial charge on any atom is -0.465 e. The molecule has 2 N–H and O–H groups in total. The third-order valence-electron chi connectivity index (χ3n) is 4.51. The highest BCUT2D eigenvalue weighted by Crippen LogP contribution is 2.34. The van der Waals surface area contributed by atoms with Crippen LogP contribution in [0.15, 0.2) is 41.1 Å². The van der Waals surface area contributed by atoms with E-state index in [1.54, 1.807) is 31.9 Å². The van der Waals surface area contributed by atoms with Crippen LogP contribution in [0, 0.1) is 6.92 Å². The Labute approximate surface area is 203 Å². The number of esters is 1. The van der Waals surface area contributed by atoms with Gasteiger partial charge in [0.2, 0.25) is 0 Å². The molecule has 1 amide bonds. The number of methoxy groups -OCH3 is 1. The molecule has 11 heteroatoms. The number of thiocarbonyl (C=S) groups is 1. The summed E-state index contributed by atoms with van der Waals surface area (Å²) >= 11 is 10.0. The number of aromatic nitrogens is 2. The van der Waals surface area contributed by atoms with Crippen LogP contribution >= 0.6 is 39.5 Å². The normalized spacial score (nSPS) is 10.5. The van der Waals surface area contributed by atoms with Crippen molar-refractivity contribution in [1.29, 1.82) is 0 Å². The van der Waals surface area contributed by atoms with Gasteiger partial charge in [0.1, 0.15) is 5.00 Å². The minimum absolute atomic E-state index is 0.196. The maximum atomic E-state index is 12.5. The van der Waals surface area contributed by atoms with Crippen molar-refractivity contribution in [2.75, 3.05) is 31.8 Å². The van der Waals surface area contributed by atoms with Gasteiger partial charge in [0.05, 0.1) is 36.0 Å². The maximum absolute atomic E-state index is 12.5. The molecule has 3 aromatic rings. The molecular weight excluding hydrogens is 514 g/mol. The number of hydrogen-bond donors (Lipinski definition) is 2. The molecular formula is C21H22BrN5O3S2. The number of benzene rings is 1. The second-order valence-electron chi connectivity index (χ2n) is 7.08. The lowest BCUT2D eigenvalue weighted by molar-refractivity contribution is 0.0601. The molecule has 0 aliphatic carbocycles. The lowest BCUT2D eigenvalue weighted by Crippen LogP contribution is -2.21. The summed E-state index contributed by atoms with van der Waals surface area (Å²) in [6.45, 7) is 2.33. The van der Waals surface area contributed by atoms with E-state index >= 15 is 0 Å². The Morgan fingerprint density at radius 3 is 2.56 bits per heavy atom. The number of ether oxygens (including phenoxy) is 1. The second-order valence-corrected chi connectivity index (χ2v) is 9.43. The molecule has 0 unspecified atom stereocenters. The molecule has 0 fully saturated rings. The van der Waals surface area contributed by atoms with Gasteiger partial charge in [-0.15, -0.1) is 11.3 Å². The Bertz CT molecular complexity index is 1150. The van der Waals surface area contributed by atoms with E-state index in [1.165, 1.54) is 12.0 Å². The number of hydrogen-bond acceptors (Lipinski definition) is 6. The van der Waals surface area contributed by atoms with Crippen molar-refractivity contribution in [2.24, 2.45) is 0 Å². The Morgan fingerprint density at radius 1 is 1.25 bits per heavy atom. The zero-order chi connectivity index (χ0) is 23.4. The van der Waals surface area contributed by atoms with E-state index in [-0.39, 0.29) is 16.6 Å². The van der Waals surface area contributed by atoms with E-state index in [0.717, 1.165) is 21.4 Å². The number of nitrogens with zero attached hydrogens (tertiary/aromatic N) is 3. The van der Waals surface area contributed by atoms with Crippen LogP contribution in [0.2, 0.25) is 0 Å². The number of nitrogens with one attached hydrogen (secondary N) is 2. The van der Waals surface area contributed by atoms with E-state index in [9.17, 15) is 9.59 Å². The number of rotatable bonds is 6. The van der Waals surface area contributed by atoms with Crippen molar-refractivity contribution < 1.29 is 14.3 Å². The molecule has 0 atom stereocenters. The van der Waals surface area contributed by atoms with Gasteiger partial charge in [-0.2, -0.15) is 5.10 Å². The molecule has 1 aromatic carbocycles. The largest absolute Gasteiger partial charge is 0.465 e. The molecule has 168 valence electrons. The number of anilines is 2. The van der Waals surface area contributed by atoms with Gasteiger partial charge in [-0.05, 0) is 42.4 Å². The smallest absolute Gasteiger partial charge is 0.341 e. The molecule has 32 heavy (non-hydrogen) atoms. The summed E-state index contributed by atoms with van der Waals surface area (Å²) in [5, 5.41) is 11.1. The first kappa shape index (κ1) is 23.9. The molecule has 0 radical (unpaired) electrons. The molecule has 0 aliphatic heterocycles. The maximum Gasteiger partial charge on any atom is 0.341 e. The molecule has 2 heterocycles. The Kier molecular flexibility index (Phi) is 7.64. The van der Waals surface area contributed by atoms with E-state index in [1.807, 2.05) is 30.5 Å². The van der Waals surface area contributed by atoms with Gasteiger partial charge in [0.15, 0.2) is 5.11 Å². The van der Waals surface area contributed by atoms with Crippen LogP contribution in [0.3, 0.4) is 0 Å². The Hall–Kier alpha value is -2.76. The first-order valence-corrected chi connectivity index (χ1v) is 11.5. The summed E-state index contributed by atoms with van der Waals surface area (Å²) < 4.78 is 7.71. The highest BCUT2D eigenvalue weighted by Gasteiger charge is 2.26. The van der Waals surface area contributed by atoms with Crippen LogP contribution in [0.5, 0.6) is 0 Å².